The fraction of sp³-hybridized carbons (Fsp3) is 0.346. The van der Waals surface area contributed by atoms with Crippen LogP contribution in [0.5, 0.6) is 0 Å². The number of aliphatic hydroxyl groups is 2. The molecule has 3 aromatic rings. The van der Waals surface area contributed by atoms with Gasteiger partial charge in [0.1, 0.15) is 18.5 Å². The summed E-state index contributed by atoms with van der Waals surface area (Å²) in [6.07, 6.45) is 1.38. The van der Waals surface area contributed by atoms with E-state index in [9.17, 15) is 28.2 Å². The summed E-state index contributed by atoms with van der Waals surface area (Å²) in [7, 11) is -3.67. The molecule has 0 aliphatic carbocycles. The van der Waals surface area contributed by atoms with Gasteiger partial charge in [0.2, 0.25) is 10.0 Å². The number of carbonyl (C=O) groups excluding carboxylic acids is 2. The van der Waals surface area contributed by atoms with Gasteiger partial charge >= 0.3 is 6.01 Å². The maximum atomic E-state index is 13.0. The van der Waals surface area contributed by atoms with Crippen molar-refractivity contribution in [1.82, 2.24) is 15.6 Å². The van der Waals surface area contributed by atoms with Gasteiger partial charge in [-0.05, 0) is 42.5 Å². The van der Waals surface area contributed by atoms with Crippen LogP contribution in [0.4, 0.5) is 6.01 Å². The van der Waals surface area contributed by atoms with E-state index in [-0.39, 0.29) is 18.1 Å². The van der Waals surface area contributed by atoms with E-state index in [2.05, 4.69) is 15.6 Å². The number of amides is 2. The molecule has 0 aliphatic heterocycles. The Labute approximate surface area is 231 Å². The van der Waals surface area contributed by atoms with Gasteiger partial charge in [-0.15, -0.1) is 0 Å². The zero-order valence-electron chi connectivity index (χ0n) is 21.5. The number of nitrogens with zero attached hydrogens (tertiary/aromatic N) is 1. The van der Waals surface area contributed by atoms with Gasteiger partial charge < -0.3 is 25.3 Å². The van der Waals surface area contributed by atoms with Crippen LogP contribution in [0.1, 0.15) is 32.8 Å². The first-order valence-corrected chi connectivity index (χ1v) is 15.3. The van der Waals surface area contributed by atoms with Crippen LogP contribution < -0.4 is 15.4 Å². The topological polar surface area (TPSA) is 171 Å². The normalized spacial score (nSPS) is 14.6. The van der Waals surface area contributed by atoms with Gasteiger partial charge in [0.15, 0.2) is 5.69 Å². The Bertz CT molecular complexity index is 1320. The van der Waals surface area contributed by atoms with Crippen LogP contribution in [0.15, 0.2) is 71.3 Å². The number of sulfonamides is 1. The highest BCUT2D eigenvalue weighted by Crippen LogP contribution is 2.17. The second-order valence-corrected chi connectivity index (χ2v) is 11.6. The Morgan fingerprint density at radius 3 is 2.15 bits per heavy atom. The molecule has 1 heterocycles. The average Bonchev–Trinajstić information content (AvgIpc) is 3.37. The highest BCUT2D eigenvalue weighted by atomic mass is 32.2. The SMILES string of the molecule is CSCC[C@@H](NC(=O)c1ccccc1)[C@@H](O)[C@H](O)[C@H](Cc1ccccc1)NC(=O)c1coc(NS(C)(=O)=O)n1. The summed E-state index contributed by atoms with van der Waals surface area (Å²) in [5, 5.41) is 28.0. The number of carbonyl (C=O) groups is 2. The zero-order valence-corrected chi connectivity index (χ0v) is 23.1. The molecule has 0 saturated carbocycles. The van der Waals surface area contributed by atoms with Crippen molar-refractivity contribution >= 4 is 39.6 Å². The van der Waals surface area contributed by atoms with Crippen LogP contribution in [0.3, 0.4) is 0 Å². The van der Waals surface area contributed by atoms with E-state index in [1.165, 1.54) is 11.8 Å². The van der Waals surface area contributed by atoms with Gasteiger partial charge in [0, 0.05) is 5.56 Å². The summed E-state index contributed by atoms with van der Waals surface area (Å²) in [5.74, 6) is -0.541. The van der Waals surface area contributed by atoms with Gasteiger partial charge in [-0.1, -0.05) is 48.5 Å². The largest absolute Gasteiger partial charge is 0.431 e. The fourth-order valence-corrected chi connectivity index (χ4v) is 4.74. The molecule has 0 spiro atoms. The molecule has 0 bridgehead atoms. The standard InChI is InChI=1S/C26H32N4O7S2/c1-38-14-13-19(27-24(33)18-11-7-4-8-12-18)22(31)23(32)20(15-17-9-5-3-6-10-17)28-25(34)21-16-37-26(29-21)30-39(2,35)36/h3-12,16,19-20,22-23,31-32H,13-15H2,1-2H3,(H,27,33)(H,28,34)(H,29,30)/t19-,20+,22-,23-/m1/s1. The first-order chi connectivity index (χ1) is 18.6. The number of rotatable bonds is 14. The van der Waals surface area contributed by atoms with Crippen molar-refractivity contribution in [2.75, 3.05) is 23.0 Å². The van der Waals surface area contributed by atoms with Crippen LogP contribution in [0, 0.1) is 0 Å². The summed E-state index contributed by atoms with van der Waals surface area (Å²) in [4.78, 5) is 29.6. The van der Waals surface area contributed by atoms with Crippen LogP contribution in [-0.4, -0.2) is 78.0 Å². The summed E-state index contributed by atoms with van der Waals surface area (Å²) in [6, 6.07) is 15.4. The van der Waals surface area contributed by atoms with Gasteiger partial charge in [0.05, 0.1) is 18.3 Å². The molecule has 2 amide bonds. The molecule has 5 N–H and O–H groups in total. The predicted molar refractivity (Wildman–Crippen MR) is 149 cm³/mol. The highest BCUT2D eigenvalue weighted by molar-refractivity contribution is 7.98. The molecule has 2 aromatic carbocycles. The van der Waals surface area contributed by atoms with E-state index in [1.807, 2.05) is 29.2 Å². The number of aliphatic hydroxyl groups excluding tert-OH is 2. The van der Waals surface area contributed by atoms with Crippen LogP contribution >= 0.6 is 11.8 Å². The van der Waals surface area contributed by atoms with Crippen LogP contribution in [0.2, 0.25) is 0 Å². The smallest absolute Gasteiger partial charge is 0.309 e. The van der Waals surface area contributed by atoms with Crippen molar-refractivity contribution in [1.29, 1.82) is 0 Å². The molecule has 0 saturated heterocycles. The maximum absolute atomic E-state index is 13.0. The average molecular weight is 577 g/mol. The van der Waals surface area contributed by atoms with Gasteiger partial charge in [0.25, 0.3) is 11.8 Å². The fourth-order valence-electron chi connectivity index (χ4n) is 3.84. The molecule has 0 fully saturated rings. The lowest BCUT2D eigenvalue weighted by atomic mass is 9.92. The molecule has 4 atom stereocenters. The second-order valence-electron chi connectivity index (χ2n) is 8.89. The third kappa shape index (κ3) is 9.39. The zero-order chi connectivity index (χ0) is 28.4. The molecule has 0 unspecified atom stereocenters. The number of anilines is 1. The Hall–Kier alpha value is -3.39. The molecule has 0 radical (unpaired) electrons. The molecule has 13 heteroatoms. The van der Waals surface area contributed by atoms with Crippen molar-refractivity contribution in [3.05, 3.63) is 83.7 Å². The van der Waals surface area contributed by atoms with E-state index >= 15 is 0 Å². The first-order valence-electron chi connectivity index (χ1n) is 12.1. The minimum atomic E-state index is -3.67. The van der Waals surface area contributed by atoms with Crippen molar-refractivity contribution in [2.45, 2.75) is 37.1 Å². The molecule has 210 valence electrons. The molecule has 11 nitrogen and oxygen atoms in total. The minimum Gasteiger partial charge on any atom is -0.431 e. The van der Waals surface area contributed by atoms with Crippen molar-refractivity contribution in [3.8, 4) is 0 Å². The number of aromatic nitrogens is 1. The number of hydrogen-bond acceptors (Lipinski definition) is 9. The lowest BCUT2D eigenvalue weighted by Crippen LogP contribution is -2.56. The lowest BCUT2D eigenvalue weighted by molar-refractivity contribution is -0.0224. The lowest BCUT2D eigenvalue weighted by Gasteiger charge is -2.33. The maximum Gasteiger partial charge on any atom is 0.309 e. The molecular formula is C26H32N4O7S2. The number of hydrogen-bond donors (Lipinski definition) is 5. The Morgan fingerprint density at radius 2 is 1.54 bits per heavy atom. The van der Waals surface area contributed by atoms with E-state index in [1.54, 1.807) is 42.5 Å². The predicted octanol–water partition coefficient (Wildman–Crippen LogP) is 1.66. The summed E-state index contributed by atoms with van der Waals surface area (Å²) in [5.41, 5.74) is 0.965. The molecule has 39 heavy (non-hydrogen) atoms. The van der Waals surface area contributed by atoms with Crippen molar-refractivity contribution < 1.29 is 32.6 Å². The monoisotopic (exact) mass is 576 g/mol. The Balaban J connectivity index is 1.81. The van der Waals surface area contributed by atoms with E-state index in [0.717, 1.165) is 18.1 Å². The van der Waals surface area contributed by atoms with Gasteiger partial charge in [-0.25, -0.2) is 13.1 Å². The Kier molecular flexibility index (Phi) is 10.9. The van der Waals surface area contributed by atoms with Crippen molar-refractivity contribution in [3.63, 3.8) is 0 Å². The second kappa shape index (κ2) is 14.1. The molecule has 1 aromatic heterocycles. The molecular weight excluding hydrogens is 544 g/mol. The summed E-state index contributed by atoms with van der Waals surface area (Å²) < 4.78 is 29.9. The number of nitrogens with one attached hydrogen (secondary N) is 3. The third-order valence-corrected chi connectivity index (χ3v) is 6.97. The van der Waals surface area contributed by atoms with Gasteiger partial charge in [-0.3, -0.25) is 9.59 Å². The molecule has 0 aliphatic rings. The Morgan fingerprint density at radius 1 is 0.949 bits per heavy atom. The third-order valence-electron chi connectivity index (χ3n) is 5.78. The number of benzene rings is 2. The van der Waals surface area contributed by atoms with E-state index in [0.29, 0.717) is 17.7 Å². The molecule has 3 rings (SSSR count). The summed E-state index contributed by atoms with van der Waals surface area (Å²) in [6.45, 7) is 0. The van der Waals surface area contributed by atoms with E-state index < -0.39 is 46.1 Å². The highest BCUT2D eigenvalue weighted by Gasteiger charge is 2.34. The van der Waals surface area contributed by atoms with E-state index in [4.69, 9.17) is 4.42 Å². The van der Waals surface area contributed by atoms with Crippen molar-refractivity contribution in [2.24, 2.45) is 0 Å². The number of oxazole rings is 1. The minimum absolute atomic E-state index is 0.152. The van der Waals surface area contributed by atoms with Gasteiger partial charge in [-0.2, -0.15) is 16.7 Å². The van der Waals surface area contributed by atoms with Crippen LogP contribution in [0.25, 0.3) is 0 Å². The quantitative estimate of drug-likeness (QED) is 0.191. The summed E-state index contributed by atoms with van der Waals surface area (Å²) >= 11 is 1.53. The van der Waals surface area contributed by atoms with Crippen LogP contribution in [-0.2, 0) is 16.4 Å². The number of thioether (sulfide) groups is 1. The first kappa shape index (κ1) is 30.2.